The third-order valence-electron chi connectivity index (χ3n) is 3.73. The first-order valence-corrected chi connectivity index (χ1v) is 6.40. The number of nitriles is 1. The van der Waals surface area contributed by atoms with Crippen molar-refractivity contribution in [1.82, 2.24) is 0 Å². The quantitative estimate of drug-likeness (QED) is 0.762. The SMILES string of the molecule is COC(=O)C1CN(c2cc(C)ccc2C#N)CC1C. The van der Waals surface area contributed by atoms with E-state index in [0.29, 0.717) is 12.1 Å². The van der Waals surface area contributed by atoms with Gasteiger partial charge in [-0.25, -0.2) is 0 Å². The van der Waals surface area contributed by atoms with Gasteiger partial charge in [0.2, 0.25) is 0 Å². The highest BCUT2D eigenvalue weighted by Crippen LogP contribution is 2.31. The molecule has 4 heteroatoms. The van der Waals surface area contributed by atoms with Gasteiger partial charge >= 0.3 is 5.97 Å². The monoisotopic (exact) mass is 258 g/mol. The molecule has 0 amide bonds. The molecule has 2 atom stereocenters. The van der Waals surface area contributed by atoms with Crippen LogP contribution in [0.15, 0.2) is 18.2 Å². The molecule has 1 aromatic rings. The van der Waals surface area contributed by atoms with Gasteiger partial charge in [0.1, 0.15) is 6.07 Å². The van der Waals surface area contributed by atoms with Crippen molar-refractivity contribution < 1.29 is 9.53 Å². The Morgan fingerprint density at radius 2 is 2.21 bits per heavy atom. The minimum Gasteiger partial charge on any atom is -0.469 e. The fourth-order valence-corrected chi connectivity index (χ4v) is 2.62. The summed E-state index contributed by atoms with van der Waals surface area (Å²) in [4.78, 5) is 13.8. The van der Waals surface area contributed by atoms with E-state index in [0.717, 1.165) is 17.8 Å². The summed E-state index contributed by atoms with van der Waals surface area (Å²) in [5, 5.41) is 9.19. The molecule has 0 spiro atoms. The number of anilines is 1. The van der Waals surface area contributed by atoms with E-state index in [1.807, 2.05) is 32.0 Å². The summed E-state index contributed by atoms with van der Waals surface area (Å²) in [7, 11) is 1.42. The van der Waals surface area contributed by atoms with Crippen LogP contribution >= 0.6 is 0 Å². The molecule has 2 unspecified atom stereocenters. The minimum atomic E-state index is -0.166. The normalized spacial score (nSPS) is 22.1. The molecule has 1 heterocycles. The topological polar surface area (TPSA) is 53.3 Å². The van der Waals surface area contributed by atoms with E-state index < -0.39 is 0 Å². The van der Waals surface area contributed by atoms with Gasteiger partial charge in [0.05, 0.1) is 24.3 Å². The predicted octanol–water partition coefficient (Wildman–Crippen LogP) is 2.11. The summed E-state index contributed by atoms with van der Waals surface area (Å²) in [6.07, 6.45) is 0. The van der Waals surface area contributed by atoms with Crippen LogP contribution in [0, 0.1) is 30.1 Å². The lowest BCUT2D eigenvalue weighted by atomic mass is 9.99. The van der Waals surface area contributed by atoms with Gasteiger partial charge in [0, 0.05) is 13.1 Å². The number of carbonyl (C=O) groups is 1. The van der Waals surface area contributed by atoms with E-state index >= 15 is 0 Å². The van der Waals surface area contributed by atoms with E-state index in [1.54, 1.807) is 0 Å². The zero-order valence-corrected chi connectivity index (χ0v) is 11.5. The first kappa shape index (κ1) is 13.4. The molecule has 0 N–H and O–H groups in total. The van der Waals surface area contributed by atoms with Crippen molar-refractivity contribution in [1.29, 1.82) is 5.26 Å². The largest absolute Gasteiger partial charge is 0.469 e. The highest BCUT2D eigenvalue weighted by atomic mass is 16.5. The lowest BCUT2D eigenvalue weighted by molar-refractivity contribution is -0.145. The van der Waals surface area contributed by atoms with Crippen molar-refractivity contribution in [2.45, 2.75) is 13.8 Å². The van der Waals surface area contributed by atoms with Crippen molar-refractivity contribution in [3.63, 3.8) is 0 Å². The van der Waals surface area contributed by atoms with Crippen LogP contribution in [0.1, 0.15) is 18.1 Å². The number of hydrogen-bond donors (Lipinski definition) is 0. The van der Waals surface area contributed by atoms with E-state index in [-0.39, 0.29) is 17.8 Å². The zero-order chi connectivity index (χ0) is 14.0. The summed E-state index contributed by atoms with van der Waals surface area (Å²) in [6.45, 7) is 5.44. The Morgan fingerprint density at radius 1 is 1.47 bits per heavy atom. The lowest BCUT2D eigenvalue weighted by Gasteiger charge is -2.20. The first-order chi connectivity index (χ1) is 9.06. The molecule has 0 saturated carbocycles. The van der Waals surface area contributed by atoms with Gasteiger partial charge in [-0.3, -0.25) is 4.79 Å². The maximum Gasteiger partial charge on any atom is 0.310 e. The van der Waals surface area contributed by atoms with Gasteiger partial charge in [-0.15, -0.1) is 0 Å². The number of hydrogen-bond acceptors (Lipinski definition) is 4. The summed E-state index contributed by atoms with van der Waals surface area (Å²) in [6, 6.07) is 7.98. The van der Waals surface area contributed by atoms with E-state index in [9.17, 15) is 10.1 Å². The number of esters is 1. The molecule has 0 aliphatic carbocycles. The summed E-state index contributed by atoms with van der Waals surface area (Å²) in [5.74, 6) is -0.0438. The Kier molecular flexibility index (Phi) is 3.75. The smallest absolute Gasteiger partial charge is 0.310 e. The summed E-state index contributed by atoms with van der Waals surface area (Å²) < 4.78 is 4.84. The van der Waals surface area contributed by atoms with Crippen molar-refractivity contribution in [3.8, 4) is 6.07 Å². The van der Waals surface area contributed by atoms with Crippen LogP contribution < -0.4 is 4.90 Å². The summed E-state index contributed by atoms with van der Waals surface area (Å²) >= 11 is 0. The first-order valence-electron chi connectivity index (χ1n) is 6.40. The number of benzene rings is 1. The third-order valence-corrected chi connectivity index (χ3v) is 3.73. The molecule has 19 heavy (non-hydrogen) atoms. The Bertz CT molecular complexity index is 533. The van der Waals surface area contributed by atoms with Crippen LogP contribution in [0.5, 0.6) is 0 Å². The van der Waals surface area contributed by atoms with E-state index in [2.05, 4.69) is 11.0 Å². The number of carbonyl (C=O) groups excluding carboxylic acids is 1. The van der Waals surface area contributed by atoms with Crippen molar-refractivity contribution in [2.24, 2.45) is 11.8 Å². The van der Waals surface area contributed by atoms with Crippen molar-refractivity contribution >= 4 is 11.7 Å². The minimum absolute atomic E-state index is 0.114. The van der Waals surface area contributed by atoms with E-state index in [4.69, 9.17) is 4.74 Å². The van der Waals surface area contributed by atoms with Crippen LogP contribution in [-0.4, -0.2) is 26.2 Å². The average Bonchev–Trinajstić information content (AvgIpc) is 2.79. The molecule has 1 aromatic carbocycles. The maximum absolute atomic E-state index is 11.7. The van der Waals surface area contributed by atoms with Crippen LogP contribution in [0.2, 0.25) is 0 Å². The van der Waals surface area contributed by atoms with Crippen LogP contribution in [0.4, 0.5) is 5.69 Å². The predicted molar refractivity (Wildman–Crippen MR) is 72.8 cm³/mol. The molecule has 1 aliphatic heterocycles. The molecular weight excluding hydrogens is 240 g/mol. The third kappa shape index (κ3) is 2.55. The number of nitrogens with zero attached hydrogens (tertiary/aromatic N) is 2. The van der Waals surface area contributed by atoms with Crippen LogP contribution in [0.25, 0.3) is 0 Å². The molecule has 1 saturated heterocycles. The molecule has 2 rings (SSSR count). The van der Waals surface area contributed by atoms with Crippen molar-refractivity contribution in [2.75, 3.05) is 25.1 Å². The fraction of sp³-hybridized carbons (Fsp3) is 0.467. The van der Waals surface area contributed by atoms with Gasteiger partial charge in [0.15, 0.2) is 0 Å². The molecule has 1 aliphatic rings. The zero-order valence-electron chi connectivity index (χ0n) is 11.5. The Labute approximate surface area is 113 Å². The molecule has 1 fully saturated rings. The van der Waals surface area contributed by atoms with Gasteiger partial charge in [-0.05, 0) is 30.5 Å². The number of aryl methyl sites for hydroxylation is 1. The highest BCUT2D eigenvalue weighted by molar-refractivity contribution is 5.75. The molecule has 100 valence electrons. The second-order valence-electron chi connectivity index (χ2n) is 5.14. The molecule has 0 radical (unpaired) electrons. The second kappa shape index (κ2) is 5.31. The number of rotatable bonds is 2. The Hall–Kier alpha value is -2.02. The average molecular weight is 258 g/mol. The van der Waals surface area contributed by atoms with Gasteiger partial charge in [0.25, 0.3) is 0 Å². The molecular formula is C15H18N2O2. The Balaban J connectivity index is 2.28. The van der Waals surface area contributed by atoms with Crippen molar-refractivity contribution in [3.05, 3.63) is 29.3 Å². The number of methoxy groups -OCH3 is 1. The number of ether oxygens (including phenoxy) is 1. The van der Waals surface area contributed by atoms with E-state index in [1.165, 1.54) is 7.11 Å². The molecule has 0 aromatic heterocycles. The molecule has 0 bridgehead atoms. The van der Waals surface area contributed by atoms with Gasteiger partial charge in [-0.2, -0.15) is 5.26 Å². The summed E-state index contributed by atoms with van der Waals surface area (Å²) in [5.41, 5.74) is 2.69. The lowest BCUT2D eigenvalue weighted by Crippen LogP contribution is -2.24. The second-order valence-corrected chi connectivity index (χ2v) is 5.14. The maximum atomic E-state index is 11.7. The fourth-order valence-electron chi connectivity index (χ4n) is 2.62. The van der Waals surface area contributed by atoms with Crippen LogP contribution in [-0.2, 0) is 9.53 Å². The van der Waals surface area contributed by atoms with Gasteiger partial charge in [-0.1, -0.05) is 13.0 Å². The van der Waals surface area contributed by atoms with Crippen LogP contribution in [0.3, 0.4) is 0 Å². The Morgan fingerprint density at radius 3 is 2.84 bits per heavy atom. The standard InChI is InChI=1S/C15H18N2O2/c1-10-4-5-12(7-16)14(6-10)17-8-11(2)13(9-17)15(18)19-3/h4-6,11,13H,8-9H2,1-3H3. The van der Waals surface area contributed by atoms with Gasteiger partial charge < -0.3 is 9.64 Å². The highest BCUT2D eigenvalue weighted by Gasteiger charge is 2.36. The molecule has 4 nitrogen and oxygen atoms in total.